The molecule has 0 saturated heterocycles. The monoisotopic (exact) mass is 230 g/mol. The molecule has 0 aromatic heterocycles. The fourth-order valence-electron chi connectivity index (χ4n) is 0.527. The summed E-state index contributed by atoms with van der Waals surface area (Å²) in [5.41, 5.74) is 0. The van der Waals surface area contributed by atoms with Crippen molar-refractivity contribution in [3.05, 3.63) is 0 Å². The second-order valence-corrected chi connectivity index (χ2v) is 3.51. The summed E-state index contributed by atoms with van der Waals surface area (Å²) >= 11 is 0. The van der Waals surface area contributed by atoms with E-state index in [4.69, 9.17) is 10.2 Å². The van der Waals surface area contributed by atoms with Crippen LogP contribution in [0.2, 0.25) is 0 Å². The lowest BCUT2D eigenvalue weighted by Crippen LogP contribution is -2.38. The van der Waals surface area contributed by atoms with Gasteiger partial charge >= 0.3 is 0 Å². The van der Waals surface area contributed by atoms with Gasteiger partial charge in [-0.3, -0.25) is 4.79 Å². The SMILES string of the molecule is O=C(COP(=O)([O-])[O-])[C@H](O)[C@H](O)CF. The Balaban J connectivity index is 4.03. The van der Waals surface area contributed by atoms with Crippen LogP contribution < -0.4 is 9.79 Å². The van der Waals surface area contributed by atoms with Crippen LogP contribution in [0.25, 0.3) is 0 Å². The number of aliphatic hydroxyl groups excluding tert-OH is 2. The van der Waals surface area contributed by atoms with E-state index in [1.807, 2.05) is 0 Å². The lowest BCUT2D eigenvalue weighted by Gasteiger charge is -2.28. The molecule has 0 saturated carbocycles. The van der Waals surface area contributed by atoms with Gasteiger partial charge in [0.15, 0.2) is 5.78 Å². The van der Waals surface area contributed by atoms with Crippen molar-refractivity contribution in [2.24, 2.45) is 0 Å². The largest absolute Gasteiger partial charge is 0.790 e. The van der Waals surface area contributed by atoms with Gasteiger partial charge in [-0.25, -0.2) is 4.39 Å². The minimum Gasteiger partial charge on any atom is -0.790 e. The first kappa shape index (κ1) is 13.6. The number of halogens is 1. The smallest absolute Gasteiger partial charge is 0.189 e. The molecule has 0 aromatic carbocycles. The van der Waals surface area contributed by atoms with E-state index in [0.29, 0.717) is 0 Å². The first-order valence-electron chi connectivity index (χ1n) is 3.39. The molecule has 14 heavy (non-hydrogen) atoms. The number of Topliss-reactive ketones (excluding diaryl/α,β-unsaturated/α-hetero) is 1. The average Bonchev–Trinajstić information content (AvgIpc) is 2.10. The summed E-state index contributed by atoms with van der Waals surface area (Å²) in [5.74, 6) is -1.29. The number of carbonyl (C=O) groups is 1. The maximum atomic E-state index is 11.7. The average molecular weight is 230 g/mol. The van der Waals surface area contributed by atoms with Crippen molar-refractivity contribution < 1.29 is 38.3 Å². The van der Waals surface area contributed by atoms with Crippen molar-refractivity contribution >= 4 is 13.6 Å². The Labute approximate surface area is 78.4 Å². The summed E-state index contributed by atoms with van der Waals surface area (Å²) in [4.78, 5) is 30.4. The van der Waals surface area contributed by atoms with Crippen LogP contribution in [0.5, 0.6) is 0 Å². The van der Waals surface area contributed by atoms with E-state index in [1.54, 1.807) is 0 Å². The molecule has 0 fully saturated rings. The van der Waals surface area contributed by atoms with Crippen LogP contribution in [-0.2, 0) is 13.9 Å². The highest BCUT2D eigenvalue weighted by atomic mass is 31.2. The van der Waals surface area contributed by atoms with E-state index >= 15 is 0 Å². The zero-order valence-corrected chi connectivity index (χ0v) is 7.72. The molecule has 0 aliphatic heterocycles. The zero-order chi connectivity index (χ0) is 11.4. The van der Waals surface area contributed by atoms with Crippen LogP contribution in [0.3, 0.4) is 0 Å². The van der Waals surface area contributed by atoms with Crippen LogP contribution in [-0.4, -0.2) is 41.5 Å². The molecular weight excluding hydrogens is 222 g/mol. The standard InChI is InChI=1S/C5H10FO7P/c6-1-3(7)5(9)4(8)2-13-14(10,11)12/h3,5,7,9H,1-2H2,(H2,10,11,12)/p-2/t3-,5-/m1/s1. The van der Waals surface area contributed by atoms with Gasteiger partial charge in [-0.05, 0) is 0 Å². The highest BCUT2D eigenvalue weighted by Crippen LogP contribution is 2.24. The van der Waals surface area contributed by atoms with Gasteiger partial charge in [0.05, 0.1) is 7.82 Å². The maximum absolute atomic E-state index is 11.7. The Morgan fingerprint density at radius 2 is 2.00 bits per heavy atom. The molecule has 84 valence electrons. The van der Waals surface area contributed by atoms with Crippen molar-refractivity contribution in [1.29, 1.82) is 0 Å². The quantitative estimate of drug-likeness (QED) is 0.467. The van der Waals surface area contributed by atoms with Crippen LogP contribution in [0.4, 0.5) is 4.39 Å². The summed E-state index contributed by atoms with van der Waals surface area (Å²) in [7, 11) is -5.31. The zero-order valence-electron chi connectivity index (χ0n) is 6.83. The molecular formula is C5H8FO7P-2. The van der Waals surface area contributed by atoms with E-state index in [-0.39, 0.29) is 0 Å². The summed E-state index contributed by atoms with van der Waals surface area (Å²) in [5, 5.41) is 17.4. The third-order valence-corrected chi connectivity index (χ3v) is 1.66. The lowest BCUT2D eigenvalue weighted by atomic mass is 10.1. The van der Waals surface area contributed by atoms with Crippen LogP contribution in [0, 0.1) is 0 Å². The molecule has 9 heteroatoms. The Bertz CT molecular complexity index is 238. The highest BCUT2D eigenvalue weighted by Gasteiger charge is 2.24. The predicted octanol–water partition coefficient (Wildman–Crippen LogP) is -2.91. The summed E-state index contributed by atoms with van der Waals surface area (Å²) < 4.78 is 25.1. The van der Waals surface area contributed by atoms with Gasteiger partial charge in [-0.15, -0.1) is 0 Å². The Morgan fingerprint density at radius 1 is 1.50 bits per heavy atom. The molecule has 0 aliphatic rings. The summed E-state index contributed by atoms with van der Waals surface area (Å²) in [6, 6.07) is 0. The molecule has 0 heterocycles. The van der Waals surface area contributed by atoms with E-state index in [0.717, 1.165) is 0 Å². The third kappa shape index (κ3) is 5.38. The molecule has 0 unspecified atom stereocenters. The Hall–Kier alpha value is -0.370. The maximum Gasteiger partial charge on any atom is 0.189 e. The normalized spacial score (nSPS) is 16.4. The van der Waals surface area contributed by atoms with Crippen LogP contribution in [0.15, 0.2) is 0 Å². The molecule has 2 N–H and O–H groups in total. The third-order valence-electron chi connectivity index (χ3n) is 1.22. The molecule has 0 rings (SSSR count). The number of rotatable bonds is 6. The number of hydrogen-bond donors (Lipinski definition) is 2. The van der Waals surface area contributed by atoms with Gasteiger partial charge in [-0.2, -0.15) is 0 Å². The van der Waals surface area contributed by atoms with Crippen molar-refractivity contribution in [2.75, 3.05) is 13.3 Å². The van der Waals surface area contributed by atoms with E-state index in [1.165, 1.54) is 0 Å². The lowest BCUT2D eigenvalue weighted by molar-refractivity contribution is -0.341. The van der Waals surface area contributed by atoms with Gasteiger partial charge in [0.25, 0.3) is 0 Å². The minimum atomic E-state index is -5.31. The number of phosphoric acid groups is 1. The number of aliphatic hydroxyl groups is 2. The van der Waals surface area contributed by atoms with Gasteiger partial charge in [-0.1, -0.05) is 0 Å². The Morgan fingerprint density at radius 3 is 2.36 bits per heavy atom. The van der Waals surface area contributed by atoms with E-state index in [2.05, 4.69) is 4.52 Å². The van der Waals surface area contributed by atoms with E-state index in [9.17, 15) is 23.5 Å². The minimum absolute atomic E-state index is 1.22. The summed E-state index contributed by atoms with van der Waals surface area (Å²) in [6.07, 6.45) is -4.06. The second kappa shape index (κ2) is 5.50. The number of ketones is 1. The molecule has 0 aromatic rings. The van der Waals surface area contributed by atoms with Gasteiger partial charge < -0.3 is 29.1 Å². The van der Waals surface area contributed by atoms with Gasteiger partial charge in [0.1, 0.15) is 25.5 Å². The Kier molecular flexibility index (Phi) is 5.35. The van der Waals surface area contributed by atoms with Crippen LogP contribution >= 0.6 is 7.82 Å². The van der Waals surface area contributed by atoms with Gasteiger partial charge in [0, 0.05) is 0 Å². The van der Waals surface area contributed by atoms with Crippen molar-refractivity contribution in [3.8, 4) is 0 Å². The highest BCUT2D eigenvalue weighted by molar-refractivity contribution is 7.43. The van der Waals surface area contributed by atoms with Crippen LogP contribution in [0.1, 0.15) is 0 Å². The second-order valence-electron chi connectivity index (χ2n) is 2.35. The number of carbonyl (C=O) groups excluding carboxylic acids is 1. The molecule has 2 atom stereocenters. The first-order valence-corrected chi connectivity index (χ1v) is 4.85. The topological polar surface area (TPSA) is 130 Å². The number of hydrogen-bond acceptors (Lipinski definition) is 7. The van der Waals surface area contributed by atoms with Crippen molar-refractivity contribution in [2.45, 2.75) is 12.2 Å². The molecule has 0 radical (unpaired) electrons. The number of phosphoric ester groups is 1. The molecule has 0 bridgehead atoms. The number of alkyl halides is 1. The molecule has 0 aliphatic carbocycles. The molecule has 0 amide bonds. The fraction of sp³-hybridized carbons (Fsp3) is 0.800. The van der Waals surface area contributed by atoms with Gasteiger partial charge in [0.2, 0.25) is 0 Å². The fourth-order valence-corrected chi connectivity index (χ4v) is 0.812. The van der Waals surface area contributed by atoms with Crippen molar-refractivity contribution in [1.82, 2.24) is 0 Å². The first-order chi connectivity index (χ1) is 6.28. The van der Waals surface area contributed by atoms with E-state index < -0.39 is 39.1 Å². The summed E-state index contributed by atoms with van der Waals surface area (Å²) in [6.45, 7) is -2.60. The predicted molar refractivity (Wildman–Crippen MR) is 36.6 cm³/mol. The molecule has 0 spiro atoms. The van der Waals surface area contributed by atoms with Crippen molar-refractivity contribution in [3.63, 3.8) is 0 Å². The molecule has 7 nitrogen and oxygen atoms in total.